The van der Waals surface area contributed by atoms with E-state index in [0.717, 1.165) is 11.3 Å². The zero-order valence-electron chi connectivity index (χ0n) is 16.2. The highest BCUT2D eigenvalue weighted by molar-refractivity contribution is 7.94. The van der Waals surface area contributed by atoms with Gasteiger partial charge in [0.25, 0.3) is 21.8 Å². The van der Waals surface area contributed by atoms with E-state index in [9.17, 15) is 18.0 Å². The van der Waals surface area contributed by atoms with Gasteiger partial charge in [-0.15, -0.1) is 11.3 Å². The molecule has 11 heteroatoms. The zero-order chi connectivity index (χ0) is 22.4. The highest BCUT2D eigenvalue weighted by Gasteiger charge is 2.21. The number of hydrazine groups is 1. The Morgan fingerprint density at radius 2 is 1.71 bits per heavy atom. The Morgan fingerprint density at radius 1 is 1.00 bits per heavy atom. The van der Waals surface area contributed by atoms with E-state index in [2.05, 4.69) is 15.6 Å². The number of ether oxygens (including phenoxy) is 1. The lowest BCUT2D eigenvalue weighted by molar-refractivity contribution is -0.128. The van der Waals surface area contributed by atoms with Crippen molar-refractivity contribution in [2.75, 3.05) is 4.72 Å². The Morgan fingerprint density at radius 3 is 2.42 bits per heavy atom. The molecule has 3 N–H and O–H groups in total. The van der Waals surface area contributed by atoms with Crippen LogP contribution < -0.4 is 20.3 Å². The van der Waals surface area contributed by atoms with Gasteiger partial charge in [0.15, 0.2) is 6.10 Å². The predicted octanol–water partition coefficient (Wildman–Crippen LogP) is 3.43. The second-order valence-corrected chi connectivity index (χ2v) is 9.48. The molecule has 2 amide bonds. The van der Waals surface area contributed by atoms with Gasteiger partial charge in [0, 0.05) is 0 Å². The summed E-state index contributed by atoms with van der Waals surface area (Å²) in [7, 11) is -3.84. The van der Waals surface area contributed by atoms with Crippen molar-refractivity contribution >= 4 is 50.5 Å². The van der Waals surface area contributed by atoms with Crippen molar-refractivity contribution in [1.82, 2.24) is 10.9 Å². The number of nitrogens with one attached hydrogen (secondary N) is 3. The summed E-state index contributed by atoms with van der Waals surface area (Å²) in [5.41, 5.74) is 4.62. The first kappa shape index (κ1) is 22.6. The molecule has 162 valence electrons. The van der Waals surface area contributed by atoms with Crippen LogP contribution in [0.5, 0.6) is 5.75 Å². The van der Waals surface area contributed by atoms with Crippen molar-refractivity contribution in [2.45, 2.75) is 17.2 Å². The Balaban J connectivity index is 1.64. The quantitative estimate of drug-likeness (QED) is 0.449. The molecular weight excluding hydrogens is 462 g/mol. The normalized spacial score (nSPS) is 11.9. The van der Waals surface area contributed by atoms with Crippen molar-refractivity contribution in [3.63, 3.8) is 0 Å². The Kier molecular flexibility index (Phi) is 7.16. The van der Waals surface area contributed by atoms with Gasteiger partial charge in [-0.25, -0.2) is 8.42 Å². The van der Waals surface area contributed by atoms with Crippen LogP contribution >= 0.6 is 22.9 Å². The first-order chi connectivity index (χ1) is 14.8. The fraction of sp³-hybridized carbons (Fsp3) is 0.100. The summed E-state index contributed by atoms with van der Waals surface area (Å²) >= 11 is 7.06. The molecule has 3 rings (SSSR count). The molecule has 31 heavy (non-hydrogen) atoms. The van der Waals surface area contributed by atoms with Gasteiger partial charge in [0.2, 0.25) is 0 Å². The highest BCUT2D eigenvalue weighted by atomic mass is 35.5. The second kappa shape index (κ2) is 9.82. The van der Waals surface area contributed by atoms with Crippen LogP contribution in [0.4, 0.5) is 5.69 Å². The molecule has 0 radical (unpaired) electrons. The summed E-state index contributed by atoms with van der Waals surface area (Å²) in [5, 5.41) is 1.98. The molecule has 2 aromatic carbocycles. The summed E-state index contributed by atoms with van der Waals surface area (Å²) in [6, 6.07) is 15.8. The topological polar surface area (TPSA) is 114 Å². The first-order valence-corrected chi connectivity index (χ1v) is 11.7. The van der Waals surface area contributed by atoms with Crippen molar-refractivity contribution in [2.24, 2.45) is 0 Å². The summed E-state index contributed by atoms with van der Waals surface area (Å²) in [6.45, 7) is 1.49. The molecule has 0 aliphatic carbocycles. The zero-order valence-corrected chi connectivity index (χ0v) is 18.6. The molecule has 1 unspecified atom stereocenters. The maximum Gasteiger partial charge on any atom is 0.279 e. The highest BCUT2D eigenvalue weighted by Crippen LogP contribution is 2.24. The number of sulfonamides is 1. The van der Waals surface area contributed by atoms with Gasteiger partial charge < -0.3 is 4.74 Å². The molecule has 0 saturated carbocycles. The standard InChI is InChI=1S/C20H18ClN3O5S2/c1-13(29-17-10-5-3-8-15(17)21)19(25)22-23-20(26)14-7-2-4-9-16(14)24-31(27,28)18-11-6-12-30-18/h2-13,24H,1H3,(H,22,25)(H,23,26). The number of hydrogen-bond donors (Lipinski definition) is 3. The summed E-state index contributed by atoms with van der Waals surface area (Å²) < 4.78 is 32.9. The largest absolute Gasteiger partial charge is 0.479 e. The molecule has 0 bridgehead atoms. The number of hydrogen-bond acceptors (Lipinski definition) is 6. The molecule has 1 aromatic heterocycles. The van der Waals surface area contributed by atoms with Crippen molar-refractivity contribution in [3.8, 4) is 5.75 Å². The summed E-state index contributed by atoms with van der Waals surface area (Å²) in [6.07, 6.45) is -0.951. The lowest BCUT2D eigenvalue weighted by Gasteiger charge is -2.16. The van der Waals surface area contributed by atoms with E-state index in [4.69, 9.17) is 16.3 Å². The van der Waals surface area contributed by atoms with Crippen LogP contribution in [0, 0.1) is 0 Å². The van der Waals surface area contributed by atoms with Gasteiger partial charge in [0.05, 0.1) is 16.3 Å². The van der Waals surface area contributed by atoms with Crippen LogP contribution in [0.25, 0.3) is 0 Å². The molecule has 0 saturated heterocycles. The number of para-hydroxylation sites is 2. The number of amides is 2. The number of rotatable bonds is 7. The minimum Gasteiger partial charge on any atom is -0.479 e. The SMILES string of the molecule is CC(Oc1ccccc1Cl)C(=O)NNC(=O)c1ccccc1NS(=O)(=O)c1cccs1. The molecule has 0 fully saturated rings. The van der Waals surface area contributed by atoms with Crippen LogP contribution in [0.1, 0.15) is 17.3 Å². The Labute approximate surface area is 188 Å². The van der Waals surface area contributed by atoms with Crippen molar-refractivity contribution in [1.29, 1.82) is 0 Å². The minimum atomic E-state index is -3.84. The smallest absolute Gasteiger partial charge is 0.279 e. The summed E-state index contributed by atoms with van der Waals surface area (Å²) in [4.78, 5) is 24.8. The van der Waals surface area contributed by atoms with Crippen LogP contribution in [0.3, 0.4) is 0 Å². The van der Waals surface area contributed by atoms with Crippen LogP contribution in [0.15, 0.2) is 70.3 Å². The molecule has 1 heterocycles. The van der Waals surface area contributed by atoms with Gasteiger partial charge in [-0.3, -0.25) is 25.2 Å². The number of anilines is 1. The van der Waals surface area contributed by atoms with Crippen molar-refractivity contribution < 1.29 is 22.7 Å². The first-order valence-electron chi connectivity index (χ1n) is 8.94. The fourth-order valence-electron chi connectivity index (χ4n) is 2.45. The van der Waals surface area contributed by atoms with Gasteiger partial charge in [-0.1, -0.05) is 41.9 Å². The molecule has 1 atom stereocenters. The van der Waals surface area contributed by atoms with E-state index in [1.807, 2.05) is 0 Å². The third kappa shape index (κ3) is 5.75. The van der Waals surface area contributed by atoms with Crippen LogP contribution in [-0.2, 0) is 14.8 Å². The van der Waals surface area contributed by atoms with Crippen molar-refractivity contribution in [3.05, 3.63) is 76.6 Å². The third-order valence-electron chi connectivity index (χ3n) is 3.98. The average Bonchev–Trinajstić information content (AvgIpc) is 3.29. The number of halogens is 1. The average molecular weight is 480 g/mol. The number of thiophene rings is 1. The van der Waals surface area contributed by atoms with Crippen LogP contribution in [-0.4, -0.2) is 26.3 Å². The Bertz CT molecular complexity index is 1180. The van der Waals surface area contributed by atoms with Crippen LogP contribution in [0.2, 0.25) is 5.02 Å². The second-order valence-electron chi connectivity index (χ2n) is 6.22. The molecule has 3 aromatic rings. The maximum atomic E-state index is 12.6. The van der Waals surface area contributed by atoms with Gasteiger partial charge in [-0.2, -0.15) is 0 Å². The minimum absolute atomic E-state index is 0.0302. The van der Waals surface area contributed by atoms with E-state index in [1.54, 1.807) is 47.8 Å². The number of benzene rings is 2. The lowest BCUT2D eigenvalue weighted by Crippen LogP contribution is -2.47. The third-order valence-corrected chi connectivity index (χ3v) is 7.06. The monoisotopic (exact) mass is 479 g/mol. The fourth-order valence-corrected chi connectivity index (χ4v) is 4.71. The van der Waals surface area contributed by atoms with Gasteiger partial charge in [0.1, 0.15) is 9.96 Å². The number of carbonyl (C=O) groups is 2. The van der Waals surface area contributed by atoms with E-state index in [0.29, 0.717) is 10.8 Å². The van der Waals surface area contributed by atoms with Gasteiger partial charge in [-0.05, 0) is 42.6 Å². The van der Waals surface area contributed by atoms with E-state index < -0.39 is 27.9 Å². The molecule has 0 spiro atoms. The van der Waals surface area contributed by atoms with E-state index >= 15 is 0 Å². The molecule has 8 nitrogen and oxygen atoms in total. The van der Waals surface area contributed by atoms with E-state index in [1.165, 1.54) is 25.1 Å². The molecule has 0 aliphatic heterocycles. The molecular formula is C20H18ClN3O5S2. The number of carbonyl (C=O) groups excluding carboxylic acids is 2. The predicted molar refractivity (Wildman–Crippen MR) is 119 cm³/mol. The molecule has 0 aliphatic rings. The lowest BCUT2D eigenvalue weighted by atomic mass is 10.2. The maximum absolute atomic E-state index is 12.6. The summed E-state index contributed by atoms with van der Waals surface area (Å²) in [5.74, 6) is -1.00. The van der Waals surface area contributed by atoms with Gasteiger partial charge >= 0.3 is 0 Å². The Hall–Kier alpha value is -3.08. The van der Waals surface area contributed by atoms with E-state index in [-0.39, 0.29) is 15.5 Å².